The van der Waals surface area contributed by atoms with Gasteiger partial charge in [-0.2, -0.15) is 0 Å². The molecule has 2 aromatic rings. The van der Waals surface area contributed by atoms with Crippen molar-refractivity contribution in [3.05, 3.63) is 52.2 Å². The van der Waals surface area contributed by atoms with Crippen LogP contribution in [0, 0.1) is 0 Å². The van der Waals surface area contributed by atoms with Crippen molar-refractivity contribution in [2.24, 2.45) is 0 Å². The van der Waals surface area contributed by atoms with Gasteiger partial charge in [0.05, 0.1) is 12.7 Å². The number of thiophene rings is 1. The summed E-state index contributed by atoms with van der Waals surface area (Å²) < 4.78 is 31.8. The van der Waals surface area contributed by atoms with Gasteiger partial charge in [-0.3, -0.25) is 0 Å². The number of esters is 1. The van der Waals surface area contributed by atoms with Crippen LogP contribution in [0.1, 0.15) is 28.3 Å². The lowest BCUT2D eigenvalue weighted by Gasteiger charge is -2.12. The molecule has 0 amide bonds. The number of nitrogens with one attached hydrogen (secondary N) is 1. The van der Waals surface area contributed by atoms with Gasteiger partial charge < -0.3 is 9.84 Å². The van der Waals surface area contributed by atoms with Gasteiger partial charge in [0, 0.05) is 6.54 Å². The van der Waals surface area contributed by atoms with E-state index in [9.17, 15) is 18.3 Å². The number of sulfonamides is 1. The number of ether oxygens (including phenoxy) is 1. The fourth-order valence-electron chi connectivity index (χ4n) is 1.91. The Labute approximate surface area is 138 Å². The van der Waals surface area contributed by atoms with Crippen LogP contribution in [0.5, 0.6) is 0 Å². The molecule has 2 N–H and O–H groups in total. The minimum atomic E-state index is -3.91. The van der Waals surface area contributed by atoms with Crippen molar-refractivity contribution >= 4 is 27.3 Å². The predicted molar refractivity (Wildman–Crippen MR) is 86.9 cm³/mol. The topological polar surface area (TPSA) is 92.7 Å². The maximum Gasteiger partial charge on any atom is 0.349 e. The number of hydrogen-bond donors (Lipinski definition) is 2. The molecule has 1 atom stereocenters. The lowest BCUT2D eigenvalue weighted by molar-refractivity contribution is 0.0528. The van der Waals surface area contributed by atoms with E-state index in [1.165, 1.54) is 11.4 Å². The van der Waals surface area contributed by atoms with E-state index < -0.39 is 22.1 Å². The highest BCUT2D eigenvalue weighted by atomic mass is 32.2. The van der Waals surface area contributed by atoms with Crippen LogP contribution in [0.25, 0.3) is 0 Å². The van der Waals surface area contributed by atoms with E-state index >= 15 is 0 Å². The largest absolute Gasteiger partial charge is 0.462 e. The molecule has 0 spiro atoms. The minimum absolute atomic E-state index is 0.0218. The standard InChI is InChI=1S/C15H17NO5S2/c1-2-21-15(18)14-13(8-9-22-14)23(19,20)16-10-12(17)11-6-4-3-5-7-11/h3-9,12,16-17H,2,10H2,1H3. The Morgan fingerprint density at radius 2 is 2.00 bits per heavy atom. The van der Waals surface area contributed by atoms with Gasteiger partial charge in [0.25, 0.3) is 0 Å². The molecule has 6 nitrogen and oxygen atoms in total. The smallest absolute Gasteiger partial charge is 0.349 e. The van der Waals surface area contributed by atoms with Crippen molar-refractivity contribution in [2.45, 2.75) is 17.9 Å². The Morgan fingerprint density at radius 1 is 1.30 bits per heavy atom. The van der Waals surface area contributed by atoms with Crippen LogP contribution in [0.15, 0.2) is 46.7 Å². The first-order chi connectivity index (χ1) is 11.0. The average molecular weight is 355 g/mol. The van der Waals surface area contributed by atoms with E-state index in [0.717, 1.165) is 11.3 Å². The van der Waals surface area contributed by atoms with Crippen LogP contribution in [-0.4, -0.2) is 32.6 Å². The summed E-state index contributed by atoms with van der Waals surface area (Å²) in [6, 6.07) is 10.1. The Kier molecular flexibility index (Phi) is 5.89. The molecule has 8 heteroatoms. The molecule has 2 rings (SSSR count). The van der Waals surface area contributed by atoms with Crippen molar-refractivity contribution in [1.29, 1.82) is 0 Å². The number of carbonyl (C=O) groups excluding carboxylic acids is 1. The highest BCUT2D eigenvalue weighted by Gasteiger charge is 2.25. The predicted octanol–water partition coefficient (Wildman–Crippen LogP) is 1.94. The lowest BCUT2D eigenvalue weighted by Crippen LogP contribution is -2.29. The van der Waals surface area contributed by atoms with Gasteiger partial charge in [-0.25, -0.2) is 17.9 Å². The van der Waals surface area contributed by atoms with Gasteiger partial charge in [-0.05, 0) is 23.9 Å². The fraction of sp³-hybridized carbons (Fsp3) is 0.267. The summed E-state index contributed by atoms with van der Waals surface area (Å²) in [5, 5.41) is 11.5. The van der Waals surface area contributed by atoms with Crippen LogP contribution in [0.2, 0.25) is 0 Å². The quantitative estimate of drug-likeness (QED) is 0.741. The maximum atomic E-state index is 12.3. The molecule has 0 aliphatic carbocycles. The second-order valence-corrected chi connectivity index (χ2v) is 7.26. The van der Waals surface area contributed by atoms with Crippen LogP contribution in [-0.2, 0) is 14.8 Å². The third-order valence-electron chi connectivity index (χ3n) is 3.03. The second kappa shape index (κ2) is 7.69. The summed E-state index contributed by atoms with van der Waals surface area (Å²) in [6.45, 7) is 1.62. The lowest BCUT2D eigenvalue weighted by atomic mass is 10.1. The monoisotopic (exact) mass is 355 g/mol. The van der Waals surface area contributed by atoms with Crippen molar-refractivity contribution in [1.82, 2.24) is 4.72 Å². The van der Waals surface area contributed by atoms with Gasteiger partial charge in [0.15, 0.2) is 0 Å². The number of hydrogen-bond acceptors (Lipinski definition) is 6. The van der Waals surface area contributed by atoms with E-state index in [2.05, 4.69) is 4.72 Å². The van der Waals surface area contributed by atoms with E-state index in [4.69, 9.17) is 4.74 Å². The van der Waals surface area contributed by atoms with Crippen molar-refractivity contribution < 1.29 is 23.1 Å². The highest BCUT2D eigenvalue weighted by Crippen LogP contribution is 2.23. The Hall–Kier alpha value is -1.74. The Morgan fingerprint density at radius 3 is 2.65 bits per heavy atom. The van der Waals surface area contributed by atoms with Gasteiger partial charge in [0.1, 0.15) is 9.77 Å². The third kappa shape index (κ3) is 4.38. The summed E-state index contributed by atoms with van der Waals surface area (Å²) >= 11 is 0.999. The van der Waals surface area contributed by atoms with Crippen LogP contribution in [0.4, 0.5) is 0 Å². The molecular weight excluding hydrogens is 338 g/mol. The van der Waals surface area contributed by atoms with E-state index in [1.807, 2.05) is 0 Å². The van der Waals surface area contributed by atoms with Gasteiger partial charge in [-0.15, -0.1) is 11.3 Å². The molecule has 1 aromatic heterocycles. The fourth-order valence-corrected chi connectivity index (χ4v) is 4.26. The summed E-state index contributed by atoms with van der Waals surface area (Å²) in [5.41, 5.74) is 0.603. The van der Waals surface area contributed by atoms with Gasteiger partial charge in [0.2, 0.25) is 10.0 Å². The molecule has 0 saturated carbocycles. The first-order valence-corrected chi connectivity index (χ1v) is 9.29. The summed E-state index contributed by atoms with van der Waals surface area (Å²) in [4.78, 5) is 11.7. The zero-order chi connectivity index (χ0) is 16.9. The molecule has 0 saturated heterocycles. The summed E-state index contributed by atoms with van der Waals surface area (Å²) in [6.07, 6.45) is -0.976. The zero-order valence-corrected chi connectivity index (χ0v) is 14.1. The first-order valence-electron chi connectivity index (χ1n) is 6.93. The molecule has 1 unspecified atom stereocenters. The van der Waals surface area contributed by atoms with Crippen LogP contribution < -0.4 is 4.72 Å². The third-order valence-corrected chi connectivity index (χ3v) is 5.52. The van der Waals surface area contributed by atoms with E-state index in [1.54, 1.807) is 37.3 Å². The molecule has 0 aliphatic heterocycles. The number of aliphatic hydroxyl groups is 1. The molecule has 0 aliphatic rings. The van der Waals surface area contributed by atoms with Crippen molar-refractivity contribution in [3.8, 4) is 0 Å². The molecule has 0 fully saturated rings. The zero-order valence-electron chi connectivity index (χ0n) is 12.4. The highest BCUT2D eigenvalue weighted by molar-refractivity contribution is 7.89. The molecule has 1 heterocycles. The number of aliphatic hydroxyl groups excluding tert-OH is 1. The maximum absolute atomic E-state index is 12.3. The molecule has 0 radical (unpaired) electrons. The molecule has 1 aromatic carbocycles. The first kappa shape index (κ1) is 17.6. The van der Waals surface area contributed by atoms with Crippen molar-refractivity contribution in [3.63, 3.8) is 0 Å². The number of rotatable bonds is 7. The van der Waals surface area contributed by atoms with E-state index in [0.29, 0.717) is 5.56 Å². The number of benzene rings is 1. The molecule has 23 heavy (non-hydrogen) atoms. The molecule has 0 bridgehead atoms. The summed E-state index contributed by atoms with van der Waals surface area (Å²) in [7, 11) is -3.91. The minimum Gasteiger partial charge on any atom is -0.462 e. The van der Waals surface area contributed by atoms with Gasteiger partial charge >= 0.3 is 5.97 Å². The van der Waals surface area contributed by atoms with Crippen LogP contribution in [0.3, 0.4) is 0 Å². The normalized spacial score (nSPS) is 12.8. The summed E-state index contributed by atoms with van der Waals surface area (Å²) in [5.74, 6) is -0.675. The SMILES string of the molecule is CCOC(=O)c1sccc1S(=O)(=O)NCC(O)c1ccccc1. The van der Waals surface area contributed by atoms with Crippen molar-refractivity contribution in [2.75, 3.05) is 13.2 Å². The molecule has 124 valence electrons. The van der Waals surface area contributed by atoms with E-state index in [-0.39, 0.29) is 22.9 Å². The van der Waals surface area contributed by atoms with Crippen LogP contribution >= 0.6 is 11.3 Å². The Bertz CT molecular complexity index is 755. The second-order valence-electron chi connectivity index (χ2n) is 4.61. The average Bonchev–Trinajstić information content (AvgIpc) is 3.04. The Balaban J connectivity index is 2.11. The number of carbonyl (C=O) groups is 1. The van der Waals surface area contributed by atoms with Gasteiger partial charge in [-0.1, -0.05) is 30.3 Å². The molecular formula is C15H17NO5S2.